The zero-order valence-corrected chi connectivity index (χ0v) is 9.89. The molecule has 4 nitrogen and oxygen atoms in total. The first-order chi connectivity index (χ1) is 7.07. The van der Waals surface area contributed by atoms with Crippen LogP contribution < -0.4 is 5.73 Å². The Hall–Kier alpha value is -0.910. The van der Waals surface area contributed by atoms with E-state index in [9.17, 15) is 4.79 Å². The zero-order valence-electron chi connectivity index (χ0n) is 9.07. The number of ether oxygens (including phenoxy) is 2. The molecule has 0 aliphatic carbocycles. The van der Waals surface area contributed by atoms with Gasteiger partial charge in [-0.05, 0) is 19.1 Å². The summed E-state index contributed by atoms with van der Waals surface area (Å²) in [6, 6.07) is 3.56. The van der Waals surface area contributed by atoms with E-state index in [2.05, 4.69) is 4.74 Å². The van der Waals surface area contributed by atoms with Crippen LogP contribution in [0.15, 0.2) is 12.1 Å². The number of hydrogen-bond acceptors (Lipinski definition) is 5. The van der Waals surface area contributed by atoms with Crippen molar-refractivity contribution in [3.05, 3.63) is 21.9 Å². The van der Waals surface area contributed by atoms with Gasteiger partial charge in [0, 0.05) is 18.5 Å². The molecule has 0 amide bonds. The lowest BCUT2D eigenvalue weighted by atomic mass is 10.1. The fourth-order valence-corrected chi connectivity index (χ4v) is 2.18. The van der Waals surface area contributed by atoms with E-state index >= 15 is 0 Å². The van der Waals surface area contributed by atoms with Crippen LogP contribution in [-0.2, 0) is 15.1 Å². The maximum atomic E-state index is 11.2. The second-order valence-electron chi connectivity index (χ2n) is 3.29. The zero-order chi connectivity index (χ0) is 11.5. The highest BCUT2D eigenvalue weighted by molar-refractivity contribution is 7.14. The molecule has 0 saturated heterocycles. The summed E-state index contributed by atoms with van der Waals surface area (Å²) in [4.78, 5) is 12.7. The van der Waals surface area contributed by atoms with Crippen LogP contribution in [0, 0.1) is 0 Å². The Labute approximate surface area is 93.0 Å². The molecule has 1 atom stereocenters. The molecule has 0 bridgehead atoms. The van der Waals surface area contributed by atoms with Crippen molar-refractivity contribution in [3.8, 4) is 0 Å². The van der Waals surface area contributed by atoms with Crippen LogP contribution in [0.1, 0.15) is 21.5 Å². The number of esters is 1. The molecule has 0 saturated carbocycles. The molecule has 0 aliphatic heterocycles. The predicted molar refractivity (Wildman–Crippen MR) is 59.1 cm³/mol. The van der Waals surface area contributed by atoms with Crippen LogP contribution >= 0.6 is 11.3 Å². The maximum absolute atomic E-state index is 11.2. The molecular formula is C10H15NO3S. The molecule has 84 valence electrons. The largest absolute Gasteiger partial charge is 0.465 e. The average molecular weight is 229 g/mol. The number of nitrogens with two attached hydrogens (primary N) is 1. The second kappa shape index (κ2) is 4.74. The van der Waals surface area contributed by atoms with E-state index in [4.69, 9.17) is 10.5 Å². The third-order valence-electron chi connectivity index (χ3n) is 2.35. The van der Waals surface area contributed by atoms with Crippen molar-refractivity contribution in [1.82, 2.24) is 0 Å². The van der Waals surface area contributed by atoms with Gasteiger partial charge in [-0.1, -0.05) is 0 Å². The van der Waals surface area contributed by atoms with Crippen LogP contribution in [0.4, 0.5) is 0 Å². The average Bonchev–Trinajstić information content (AvgIpc) is 2.76. The van der Waals surface area contributed by atoms with Crippen LogP contribution in [-0.4, -0.2) is 26.7 Å². The Balaban J connectivity index is 2.97. The summed E-state index contributed by atoms with van der Waals surface area (Å²) in [6.07, 6.45) is 0. The lowest BCUT2D eigenvalue weighted by Crippen LogP contribution is -2.32. The number of rotatable bonds is 4. The van der Waals surface area contributed by atoms with E-state index in [1.54, 1.807) is 13.2 Å². The summed E-state index contributed by atoms with van der Waals surface area (Å²) >= 11 is 1.34. The molecule has 2 N–H and O–H groups in total. The van der Waals surface area contributed by atoms with Crippen LogP contribution in [0.5, 0.6) is 0 Å². The Morgan fingerprint density at radius 1 is 1.53 bits per heavy atom. The first kappa shape index (κ1) is 12.2. The lowest BCUT2D eigenvalue weighted by Gasteiger charge is -2.24. The van der Waals surface area contributed by atoms with Gasteiger partial charge in [-0.3, -0.25) is 0 Å². The van der Waals surface area contributed by atoms with Gasteiger partial charge in [0.25, 0.3) is 0 Å². The van der Waals surface area contributed by atoms with Gasteiger partial charge in [0.1, 0.15) is 10.5 Å². The molecule has 1 heterocycles. The van der Waals surface area contributed by atoms with E-state index in [0.29, 0.717) is 11.4 Å². The summed E-state index contributed by atoms with van der Waals surface area (Å²) < 4.78 is 9.96. The third kappa shape index (κ3) is 2.37. The third-order valence-corrected chi connectivity index (χ3v) is 3.66. The molecule has 5 heteroatoms. The molecule has 0 aromatic carbocycles. The summed E-state index contributed by atoms with van der Waals surface area (Å²) in [5, 5.41) is 0. The molecule has 0 fully saturated rings. The highest BCUT2D eigenvalue weighted by atomic mass is 32.1. The van der Waals surface area contributed by atoms with Gasteiger partial charge in [-0.15, -0.1) is 11.3 Å². The van der Waals surface area contributed by atoms with Crippen molar-refractivity contribution in [2.75, 3.05) is 20.8 Å². The van der Waals surface area contributed by atoms with Gasteiger partial charge in [-0.25, -0.2) is 4.79 Å². The first-order valence-corrected chi connectivity index (χ1v) is 5.33. The highest BCUT2D eigenvalue weighted by Crippen LogP contribution is 2.30. The van der Waals surface area contributed by atoms with E-state index in [0.717, 1.165) is 4.88 Å². The van der Waals surface area contributed by atoms with Crippen LogP contribution in [0.25, 0.3) is 0 Å². The summed E-state index contributed by atoms with van der Waals surface area (Å²) in [5.74, 6) is -0.332. The van der Waals surface area contributed by atoms with Crippen molar-refractivity contribution in [2.24, 2.45) is 5.73 Å². The lowest BCUT2D eigenvalue weighted by molar-refractivity contribution is 0.0132. The first-order valence-electron chi connectivity index (χ1n) is 4.51. The molecule has 1 aromatic heterocycles. The second-order valence-corrected chi connectivity index (χ2v) is 4.38. The summed E-state index contributed by atoms with van der Waals surface area (Å²) in [7, 11) is 2.96. The maximum Gasteiger partial charge on any atom is 0.348 e. The molecule has 1 unspecified atom stereocenters. The Morgan fingerprint density at radius 3 is 2.67 bits per heavy atom. The van der Waals surface area contributed by atoms with E-state index < -0.39 is 5.60 Å². The Kier molecular flexibility index (Phi) is 3.84. The minimum atomic E-state index is -0.531. The van der Waals surface area contributed by atoms with Crippen molar-refractivity contribution in [1.29, 1.82) is 0 Å². The standard InChI is InChI=1S/C10H15NO3S/c1-10(6-11,14-3)8-5-4-7(15-8)9(12)13-2/h4-5H,6,11H2,1-3H3. The monoisotopic (exact) mass is 229 g/mol. The minimum Gasteiger partial charge on any atom is -0.465 e. The minimum absolute atomic E-state index is 0.332. The topological polar surface area (TPSA) is 61.5 Å². The van der Waals surface area contributed by atoms with Crippen LogP contribution in [0.2, 0.25) is 0 Å². The van der Waals surface area contributed by atoms with E-state index in [1.165, 1.54) is 18.4 Å². The molecule has 15 heavy (non-hydrogen) atoms. The SMILES string of the molecule is COC(=O)c1ccc(C(C)(CN)OC)s1. The quantitative estimate of drug-likeness (QED) is 0.792. The van der Waals surface area contributed by atoms with Gasteiger partial charge >= 0.3 is 5.97 Å². The van der Waals surface area contributed by atoms with Gasteiger partial charge in [0.2, 0.25) is 0 Å². The summed E-state index contributed by atoms with van der Waals surface area (Å²) in [5.41, 5.74) is 5.10. The summed E-state index contributed by atoms with van der Waals surface area (Å²) in [6.45, 7) is 2.25. The molecular weight excluding hydrogens is 214 g/mol. The van der Waals surface area contributed by atoms with Crippen molar-refractivity contribution < 1.29 is 14.3 Å². The number of hydrogen-bond donors (Lipinski definition) is 1. The highest BCUT2D eigenvalue weighted by Gasteiger charge is 2.27. The van der Waals surface area contributed by atoms with Crippen molar-refractivity contribution >= 4 is 17.3 Å². The Bertz CT molecular complexity index is 344. The molecule has 1 aromatic rings. The van der Waals surface area contributed by atoms with Gasteiger partial charge in [-0.2, -0.15) is 0 Å². The normalized spacial score (nSPS) is 14.7. The number of carbonyl (C=O) groups excluding carboxylic acids is 1. The molecule has 0 aliphatic rings. The fraction of sp³-hybridized carbons (Fsp3) is 0.500. The van der Waals surface area contributed by atoms with Crippen LogP contribution in [0.3, 0.4) is 0 Å². The Morgan fingerprint density at radius 2 is 2.20 bits per heavy atom. The predicted octanol–water partition coefficient (Wildman–Crippen LogP) is 1.35. The van der Waals surface area contributed by atoms with Crippen molar-refractivity contribution in [3.63, 3.8) is 0 Å². The molecule has 0 spiro atoms. The van der Waals surface area contributed by atoms with E-state index in [1.807, 2.05) is 13.0 Å². The van der Waals surface area contributed by atoms with Gasteiger partial charge in [0.15, 0.2) is 0 Å². The number of thiophene rings is 1. The fourth-order valence-electron chi connectivity index (χ4n) is 1.12. The van der Waals surface area contributed by atoms with Gasteiger partial charge < -0.3 is 15.2 Å². The molecule has 0 radical (unpaired) electrons. The molecule has 1 rings (SSSR count). The van der Waals surface area contributed by atoms with Crippen molar-refractivity contribution in [2.45, 2.75) is 12.5 Å². The number of methoxy groups -OCH3 is 2. The van der Waals surface area contributed by atoms with E-state index in [-0.39, 0.29) is 5.97 Å². The number of carbonyl (C=O) groups is 1. The smallest absolute Gasteiger partial charge is 0.348 e. The van der Waals surface area contributed by atoms with Gasteiger partial charge in [0.05, 0.1) is 7.11 Å².